The molecule has 0 saturated heterocycles. The van der Waals surface area contributed by atoms with Gasteiger partial charge in [-0.3, -0.25) is 4.79 Å². The van der Waals surface area contributed by atoms with Gasteiger partial charge in [0.2, 0.25) is 0 Å². The molecule has 1 aromatic heterocycles. The molecule has 0 bridgehead atoms. The van der Waals surface area contributed by atoms with Crippen molar-refractivity contribution in [1.82, 2.24) is 5.32 Å². The number of benzene rings is 1. The zero-order valence-corrected chi connectivity index (χ0v) is 12.2. The summed E-state index contributed by atoms with van der Waals surface area (Å²) >= 11 is 1.45. The van der Waals surface area contributed by atoms with Crippen molar-refractivity contribution in [2.45, 2.75) is 12.5 Å². The lowest BCUT2D eigenvalue weighted by Gasteiger charge is -2.29. The molecule has 1 unspecified atom stereocenters. The van der Waals surface area contributed by atoms with Gasteiger partial charge in [0.15, 0.2) is 0 Å². The number of carbonyl (C=O) groups is 1. The van der Waals surface area contributed by atoms with E-state index in [1.165, 1.54) is 24.5 Å². The Bertz CT molecular complexity index is 585. The third-order valence-corrected chi connectivity index (χ3v) is 3.95. The van der Waals surface area contributed by atoms with E-state index in [2.05, 4.69) is 5.32 Å². The summed E-state index contributed by atoms with van der Waals surface area (Å²) in [7, 11) is 1.50. The molecule has 1 amide bonds. The predicted octanol–water partition coefficient (Wildman–Crippen LogP) is 3.18. The molecule has 0 fully saturated rings. The van der Waals surface area contributed by atoms with Gasteiger partial charge in [-0.15, -0.1) is 0 Å². The smallest absolute Gasteiger partial charge is 0.252 e. The van der Waals surface area contributed by atoms with Gasteiger partial charge in [0.25, 0.3) is 5.91 Å². The molecule has 0 spiro atoms. The molecule has 1 heterocycles. The Morgan fingerprint density at radius 3 is 2.75 bits per heavy atom. The zero-order chi connectivity index (χ0) is 14.6. The Hall–Kier alpha value is -1.72. The Kier molecular flexibility index (Phi) is 4.52. The minimum atomic E-state index is -0.906. The first kappa shape index (κ1) is 14.7. The van der Waals surface area contributed by atoms with Crippen molar-refractivity contribution >= 4 is 17.2 Å². The maximum atomic E-state index is 13.9. The van der Waals surface area contributed by atoms with Gasteiger partial charge in [-0.2, -0.15) is 11.3 Å². The number of rotatable bonds is 5. The van der Waals surface area contributed by atoms with Crippen LogP contribution in [0, 0.1) is 5.82 Å². The van der Waals surface area contributed by atoms with Crippen molar-refractivity contribution in [2.75, 3.05) is 13.7 Å². The molecule has 0 aliphatic heterocycles. The SMILES string of the molecule is COC(C)(CNC(=O)c1ccsc1)c1ccccc1F. The van der Waals surface area contributed by atoms with E-state index in [-0.39, 0.29) is 18.3 Å². The molecule has 5 heteroatoms. The van der Waals surface area contributed by atoms with Crippen LogP contribution in [0.4, 0.5) is 4.39 Å². The molecule has 106 valence electrons. The van der Waals surface area contributed by atoms with Crippen LogP contribution in [-0.4, -0.2) is 19.6 Å². The molecule has 20 heavy (non-hydrogen) atoms. The number of carbonyl (C=O) groups excluding carboxylic acids is 1. The summed E-state index contributed by atoms with van der Waals surface area (Å²) in [6.45, 7) is 1.94. The first-order chi connectivity index (χ1) is 9.57. The summed E-state index contributed by atoms with van der Waals surface area (Å²) in [6, 6.07) is 8.16. The number of amides is 1. The van der Waals surface area contributed by atoms with Crippen molar-refractivity contribution < 1.29 is 13.9 Å². The molecule has 2 aromatic rings. The number of methoxy groups -OCH3 is 1. The lowest BCUT2D eigenvalue weighted by molar-refractivity contribution is 0.000393. The third kappa shape index (κ3) is 3.05. The number of ether oxygens (including phenoxy) is 1. The number of hydrogen-bond donors (Lipinski definition) is 1. The molecule has 0 aliphatic carbocycles. The standard InChI is InChI=1S/C15H16FNO2S/c1-15(19-2,12-5-3-4-6-13(12)16)10-17-14(18)11-7-8-20-9-11/h3-9H,10H2,1-2H3,(H,17,18). The minimum Gasteiger partial charge on any atom is -0.372 e. The van der Waals surface area contributed by atoms with Gasteiger partial charge < -0.3 is 10.1 Å². The van der Waals surface area contributed by atoms with Crippen molar-refractivity contribution in [3.63, 3.8) is 0 Å². The number of nitrogens with one attached hydrogen (secondary N) is 1. The van der Waals surface area contributed by atoms with E-state index < -0.39 is 5.60 Å². The van der Waals surface area contributed by atoms with E-state index in [0.717, 1.165) is 0 Å². The molecule has 0 radical (unpaired) electrons. The van der Waals surface area contributed by atoms with E-state index in [4.69, 9.17) is 4.74 Å². The van der Waals surface area contributed by atoms with Crippen LogP contribution in [0.2, 0.25) is 0 Å². The second-order valence-corrected chi connectivity index (χ2v) is 5.39. The van der Waals surface area contributed by atoms with Crippen LogP contribution >= 0.6 is 11.3 Å². The normalized spacial score (nSPS) is 13.8. The fraction of sp³-hybridized carbons (Fsp3) is 0.267. The topological polar surface area (TPSA) is 38.3 Å². The molecule has 1 N–H and O–H groups in total. The fourth-order valence-electron chi connectivity index (χ4n) is 1.91. The Balaban J connectivity index is 2.12. The fourth-order valence-corrected chi connectivity index (χ4v) is 2.55. The molecular weight excluding hydrogens is 277 g/mol. The first-order valence-corrected chi connectivity index (χ1v) is 7.11. The van der Waals surface area contributed by atoms with Crippen LogP contribution in [0.5, 0.6) is 0 Å². The summed E-state index contributed by atoms with van der Waals surface area (Å²) in [5, 5.41) is 6.38. The highest BCUT2D eigenvalue weighted by Gasteiger charge is 2.29. The van der Waals surface area contributed by atoms with Crippen molar-refractivity contribution in [3.8, 4) is 0 Å². The van der Waals surface area contributed by atoms with Crippen LogP contribution in [0.3, 0.4) is 0 Å². The van der Waals surface area contributed by atoms with Gasteiger partial charge in [0.1, 0.15) is 11.4 Å². The second kappa shape index (κ2) is 6.15. The van der Waals surface area contributed by atoms with Crippen LogP contribution in [0.15, 0.2) is 41.1 Å². The summed E-state index contributed by atoms with van der Waals surface area (Å²) < 4.78 is 19.3. The summed E-state index contributed by atoms with van der Waals surface area (Å²) in [5.41, 5.74) is 0.118. The monoisotopic (exact) mass is 293 g/mol. The molecule has 1 atom stereocenters. The lowest BCUT2D eigenvalue weighted by Crippen LogP contribution is -2.40. The van der Waals surface area contributed by atoms with Crippen molar-refractivity contribution in [1.29, 1.82) is 0 Å². The maximum Gasteiger partial charge on any atom is 0.252 e. The van der Waals surface area contributed by atoms with Gasteiger partial charge in [0.05, 0.1) is 6.54 Å². The van der Waals surface area contributed by atoms with E-state index in [0.29, 0.717) is 11.1 Å². The molecule has 0 aliphatic rings. The van der Waals surface area contributed by atoms with E-state index >= 15 is 0 Å². The maximum absolute atomic E-state index is 13.9. The summed E-state index contributed by atoms with van der Waals surface area (Å²) in [6.07, 6.45) is 0. The number of halogens is 1. The molecule has 1 aromatic carbocycles. The molecule has 0 saturated carbocycles. The zero-order valence-electron chi connectivity index (χ0n) is 11.4. The van der Waals surface area contributed by atoms with Crippen LogP contribution < -0.4 is 5.32 Å². The van der Waals surface area contributed by atoms with Gasteiger partial charge in [-0.1, -0.05) is 18.2 Å². The minimum absolute atomic E-state index is 0.189. The lowest BCUT2D eigenvalue weighted by atomic mass is 9.95. The van der Waals surface area contributed by atoms with E-state index in [9.17, 15) is 9.18 Å². The Morgan fingerprint density at radius 2 is 2.15 bits per heavy atom. The second-order valence-electron chi connectivity index (χ2n) is 4.61. The first-order valence-electron chi connectivity index (χ1n) is 6.17. The van der Waals surface area contributed by atoms with Crippen molar-refractivity contribution in [2.24, 2.45) is 0 Å². The summed E-state index contributed by atoms with van der Waals surface area (Å²) in [5.74, 6) is -0.535. The summed E-state index contributed by atoms with van der Waals surface area (Å²) in [4.78, 5) is 11.9. The van der Waals surface area contributed by atoms with Gasteiger partial charge in [-0.05, 0) is 24.4 Å². The quantitative estimate of drug-likeness (QED) is 0.919. The van der Waals surface area contributed by atoms with Crippen LogP contribution in [0.1, 0.15) is 22.8 Å². The molecule has 3 nitrogen and oxygen atoms in total. The number of hydrogen-bond acceptors (Lipinski definition) is 3. The van der Waals surface area contributed by atoms with Crippen LogP contribution in [-0.2, 0) is 10.3 Å². The highest BCUT2D eigenvalue weighted by Crippen LogP contribution is 2.26. The Morgan fingerprint density at radius 1 is 1.40 bits per heavy atom. The predicted molar refractivity (Wildman–Crippen MR) is 77.4 cm³/mol. The molecular formula is C15H16FNO2S. The van der Waals surface area contributed by atoms with Gasteiger partial charge in [0, 0.05) is 23.6 Å². The number of thiophene rings is 1. The van der Waals surface area contributed by atoms with E-state index in [1.807, 2.05) is 5.38 Å². The van der Waals surface area contributed by atoms with Gasteiger partial charge in [-0.25, -0.2) is 4.39 Å². The average molecular weight is 293 g/mol. The van der Waals surface area contributed by atoms with Crippen molar-refractivity contribution in [3.05, 3.63) is 58.0 Å². The highest BCUT2D eigenvalue weighted by atomic mass is 32.1. The third-order valence-electron chi connectivity index (χ3n) is 3.26. The van der Waals surface area contributed by atoms with Gasteiger partial charge >= 0.3 is 0 Å². The Labute approximate surface area is 121 Å². The molecule has 2 rings (SSSR count). The van der Waals surface area contributed by atoms with E-state index in [1.54, 1.807) is 36.6 Å². The average Bonchev–Trinajstić information content (AvgIpc) is 2.99. The van der Waals surface area contributed by atoms with Crippen LogP contribution in [0.25, 0.3) is 0 Å². The largest absolute Gasteiger partial charge is 0.372 e. The highest BCUT2D eigenvalue weighted by molar-refractivity contribution is 7.08.